The van der Waals surface area contributed by atoms with Crippen LogP contribution >= 0.6 is 0 Å². The summed E-state index contributed by atoms with van der Waals surface area (Å²) < 4.78 is 5.43. The molecule has 0 fully saturated rings. The molecule has 0 radical (unpaired) electrons. The molecule has 2 aromatic carbocycles. The predicted octanol–water partition coefficient (Wildman–Crippen LogP) is 3.32. The van der Waals surface area contributed by atoms with E-state index >= 15 is 0 Å². The van der Waals surface area contributed by atoms with Crippen molar-refractivity contribution in [3.05, 3.63) is 72.3 Å². The zero-order valence-corrected chi connectivity index (χ0v) is 10.6. The standard InChI is InChI=1S/C17H16O2/c1-2-17(18)19-11-16-14-9-5-3-7-12(14)13-8-4-6-10-15(13)16/h2-10,16-18H,1,11H2. The molecule has 0 saturated carbocycles. The number of ether oxygens (including phenoxy) is 1. The Morgan fingerprint density at radius 1 is 1.05 bits per heavy atom. The second-order valence-electron chi connectivity index (χ2n) is 4.69. The first kappa shape index (κ1) is 12.2. The Kier molecular flexibility index (Phi) is 3.20. The largest absolute Gasteiger partial charge is 0.365 e. The minimum Gasteiger partial charge on any atom is -0.365 e. The molecule has 3 rings (SSSR count). The molecule has 0 aromatic heterocycles. The summed E-state index contributed by atoms with van der Waals surface area (Å²) in [5.74, 6) is 0.182. The van der Waals surface area contributed by atoms with Gasteiger partial charge in [0.1, 0.15) is 0 Å². The summed E-state index contributed by atoms with van der Waals surface area (Å²) in [4.78, 5) is 0. The van der Waals surface area contributed by atoms with Gasteiger partial charge in [0, 0.05) is 5.92 Å². The molecule has 1 aliphatic rings. The van der Waals surface area contributed by atoms with E-state index in [2.05, 4.69) is 43.0 Å². The third kappa shape index (κ3) is 2.09. The van der Waals surface area contributed by atoms with Crippen molar-refractivity contribution in [3.8, 4) is 11.1 Å². The fraction of sp³-hybridized carbons (Fsp3) is 0.176. The lowest BCUT2D eigenvalue weighted by Crippen LogP contribution is -2.14. The van der Waals surface area contributed by atoms with Gasteiger partial charge in [0.2, 0.25) is 0 Å². The third-order valence-electron chi connectivity index (χ3n) is 3.60. The van der Waals surface area contributed by atoms with E-state index in [9.17, 15) is 5.11 Å². The zero-order valence-electron chi connectivity index (χ0n) is 10.6. The molecule has 0 heterocycles. The fourth-order valence-corrected chi connectivity index (χ4v) is 2.70. The van der Waals surface area contributed by atoms with Gasteiger partial charge in [-0.15, -0.1) is 0 Å². The Labute approximate surface area is 113 Å². The molecule has 19 heavy (non-hydrogen) atoms. The quantitative estimate of drug-likeness (QED) is 0.668. The summed E-state index contributed by atoms with van der Waals surface area (Å²) in [6.07, 6.45) is 0.493. The van der Waals surface area contributed by atoms with Crippen LogP contribution in [-0.2, 0) is 4.74 Å². The smallest absolute Gasteiger partial charge is 0.173 e. The normalized spacial score (nSPS) is 14.8. The van der Waals surface area contributed by atoms with Crippen LogP contribution in [0.25, 0.3) is 11.1 Å². The van der Waals surface area contributed by atoms with Gasteiger partial charge >= 0.3 is 0 Å². The predicted molar refractivity (Wildman–Crippen MR) is 75.9 cm³/mol. The molecule has 2 heteroatoms. The zero-order chi connectivity index (χ0) is 13.2. The molecule has 1 atom stereocenters. The van der Waals surface area contributed by atoms with Gasteiger partial charge in [-0.25, -0.2) is 0 Å². The Bertz CT molecular complexity index is 558. The van der Waals surface area contributed by atoms with Gasteiger partial charge in [-0.05, 0) is 28.3 Å². The summed E-state index contributed by atoms with van der Waals surface area (Å²) in [6, 6.07) is 16.7. The number of hydrogen-bond donors (Lipinski definition) is 1. The van der Waals surface area contributed by atoms with Gasteiger partial charge in [-0.3, -0.25) is 0 Å². The molecule has 1 aliphatic carbocycles. The van der Waals surface area contributed by atoms with Crippen molar-refractivity contribution in [3.63, 3.8) is 0 Å². The number of aliphatic hydroxyl groups excluding tert-OH is 1. The molecule has 2 nitrogen and oxygen atoms in total. The minimum atomic E-state index is -0.903. The number of rotatable bonds is 4. The van der Waals surface area contributed by atoms with E-state index in [1.54, 1.807) is 0 Å². The number of aliphatic hydroxyl groups is 1. The molecule has 0 bridgehead atoms. The van der Waals surface area contributed by atoms with Crippen molar-refractivity contribution in [2.75, 3.05) is 6.61 Å². The van der Waals surface area contributed by atoms with E-state index in [1.165, 1.54) is 28.3 Å². The lowest BCUT2D eigenvalue weighted by molar-refractivity contribution is -0.0659. The Morgan fingerprint density at radius 3 is 2.11 bits per heavy atom. The average Bonchev–Trinajstić information content (AvgIpc) is 2.79. The highest BCUT2D eigenvalue weighted by Gasteiger charge is 2.28. The van der Waals surface area contributed by atoms with Crippen LogP contribution < -0.4 is 0 Å². The van der Waals surface area contributed by atoms with Crippen LogP contribution in [0.3, 0.4) is 0 Å². The average molecular weight is 252 g/mol. The SMILES string of the molecule is C=CC(O)OCC1c2ccccc2-c2ccccc21. The van der Waals surface area contributed by atoms with Crippen molar-refractivity contribution in [1.29, 1.82) is 0 Å². The van der Waals surface area contributed by atoms with Gasteiger partial charge in [-0.1, -0.05) is 55.1 Å². The molecule has 96 valence electrons. The first-order chi connectivity index (χ1) is 9.31. The lowest BCUT2D eigenvalue weighted by Gasteiger charge is -2.15. The molecule has 1 N–H and O–H groups in total. The van der Waals surface area contributed by atoms with Gasteiger partial charge in [-0.2, -0.15) is 0 Å². The maximum atomic E-state index is 9.47. The monoisotopic (exact) mass is 252 g/mol. The summed E-state index contributed by atoms with van der Waals surface area (Å²) >= 11 is 0. The van der Waals surface area contributed by atoms with Crippen molar-refractivity contribution >= 4 is 0 Å². The third-order valence-corrected chi connectivity index (χ3v) is 3.60. The van der Waals surface area contributed by atoms with Crippen LogP contribution in [-0.4, -0.2) is 18.0 Å². The van der Waals surface area contributed by atoms with E-state index in [0.29, 0.717) is 6.61 Å². The highest BCUT2D eigenvalue weighted by molar-refractivity contribution is 5.78. The van der Waals surface area contributed by atoms with E-state index in [0.717, 1.165) is 0 Å². The topological polar surface area (TPSA) is 29.5 Å². The number of hydrogen-bond acceptors (Lipinski definition) is 2. The fourth-order valence-electron chi connectivity index (χ4n) is 2.70. The van der Waals surface area contributed by atoms with Gasteiger partial charge in [0.15, 0.2) is 6.29 Å². The molecular weight excluding hydrogens is 236 g/mol. The van der Waals surface area contributed by atoms with Crippen molar-refractivity contribution in [2.24, 2.45) is 0 Å². The molecule has 2 aromatic rings. The molecule has 0 aliphatic heterocycles. The number of fused-ring (bicyclic) bond motifs is 3. The van der Waals surface area contributed by atoms with Crippen LogP contribution in [0.1, 0.15) is 17.0 Å². The van der Waals surface area contributed by atoms with Crippen LogP contribution in [0.2, 0.25) is 0 Å². The first-order valence-electron chi connectivity index (χ1n) is 6.41. The van der Waals surface area contributed by atoms with Crippen LogP contribution in [0, 0.1) is 0 Å². The molecule has 0 amide bonds. The summed E-state index contributed by atoms with van der Waals surface area (Å²) in [5.41, 5.74) is 5.06. The Hall–Kier alpha value is -1.90. The second-order valence-corrected chi connectivity index (χ2v) is 4.69. The Morgan fingerprint density at radius 2 is 1.58 bits per heavy atom. The molecule has 0 saturated heterocycles. The lowest BCUT2D eigenvalue weighted by atomic mass is 9.98. The first-order valence-corrected chi connectivity index (χ1v) is 6.41. The highest BCUT2D eigenvalue weighted by atomic mass is 16.6. The maximum Gasteiger partial charge on any atom is 0.173 e. The Balaban J connectivity index is 1.98. The highest BCUT2D eigenvalue weighted by Crippen LogP contribution is 2.44. The van der Waals surface area contributed by atoms with E-state index in [-0.39, 0.29) is 5.92 Å². The van der Waals surface area contributed by atoms with E-state index < -0.39 is 6.29 Å². The summed E-state index contributed by atoms with van der Waals surface area (Å²) in [5, 5.41) is 9.47. The maximum absolute atomic E-state index is 9.47. The molecular formula is C17H16O2. The van der Waals surface area contributed by atoms with Crippen molar-refractivity contribution in [1.82, 2.24) is 0 Å². The number of benzene rings is 2. The van der Waals surface area contributed by atoms with Crippen LogP contribution in [0.15, 0.2) is 61.2 Å². The van der Waals surface area contributed by atoms with Gasteiger partial charge in [0.25, 0.3) is 0 Å². The van der Waals surface area contributed by atoms with E-state index in [4.69, 9.17) is 4.74 Å². The van der Waals surface area contributed by atoms with Gasteiger partial charge < -0.3 is 9.84 Å². The molecule has 1 unspecified atom stereocenters. The van der Waals surface area contributed by atoms with Crippen LogP contribution in [0.5, 0.6) is 0 Å². The molecule has 0 spiro atoms. The van der Waals surface area contributed by atoms with Gasteiger partial charge in [0.05, 0.1) is 6.61 Å². The minimum absolute atomic E-state index is 0.182. The van der Waals surface area contributed by atoms with Crippen LogP contribution in [0.4, 0.5) is 0 Å². The summed E-state index contributed by atoms with van der Waals surface area (Å²) in [6.45, 7) is 3.98. The van der Waals surface area contributed by atoms with Crippen molar-refractivity contribution in [2.45, 2.75) is 12.2 Å². The van der Waals surface area contributed by atoms with E-state index in [1.807, 2.05) is 12.1 Å². The second kappa shape index (κ2) is 5.00. The summed E-state index contributed by atoms with van der Waals surface area (Å²) in [7, 11) is 0. The van der Waals surface area contributed by atoms with Crippen molar-refractivity contribution < 1.29 is 9.84 Å².